The van der Waals surface area contributed by atoms with Crippen LogP contribution in [0.5, 0.6) is 0 Å². The highest BCUT2D eigenvalue weighted by Gasteiger charge is 2.03. The Morgan fingerprint density at radius 2 is 2.17 bits per heavy atom. The molecule has 12 heavy (non-hydrogen) atoms. The van der Waals surface area contributed by atoms with Gasteiger partial charge in [0.2, 0.25) is 0 Å². The molecule has 0 aromatic heterocycles. The third kappa shape index (κ3) is 5.94. The summed E-state index contributed by atoms with van der Waals surface area (Å²) >= 11 is 0. The topological polar surface area (TPSA) is 81.6 Å². The molecule has 0 aromatic rings. The Bertz CT molecular complexity index is 130. The Morgan fingerprint density at radius 1 is 1.50 bits per heavy atom. The highest BCUT2D eigenvalue weighted by atomic mass is 16.3. The molecule has 5 nitrogen and oxygen atoms in total. The Morgan fingerprint density at radius 3 is 2.67 bits per heavy atom. The van der Waals surface area contributed by atoms with Crippen LogP contribution in [0.4, 0.5) is 4.79 Å². The summed E-state index contributed by atoms with van der Waals surface area (Å²) in [7, 11) is 0. The first-order valence-corrected chi connectivity index (χ1v) is 4.01. The fourth-order valence-electron chi connectivity index (χ4n) is 0.576. The second-order valence-corrected chi connectivity index (χ2v) is 2.47. The first-order chi connectivity index (χ1) is 5.70. The van der Waals surface area contributed by atoms with Crippen LogP contribution < -0.4 is 10.6 Å². The van der Waals surface area contributed by atoms with Crippen molar-refractivity contribution in [1.29, 1.82) is 0 Å². The van der Waals surface area contributed by atoms with Crippen molar-refractivity contribution in [1.82, 2.24) is 10.6 Å². The molecular formula is C7H16N2O3. The molecular weight excluding hydrogens is 160 g/mol. The number of urea groups is 1. The van der Waals surface area contributed by atoms with Crippen LogP contribution in [-0.2, 0) is 0 Å². The van der Waals surface area contributed by atoms with Crippen LogP contribution in [0.3, 0.4) is 0 Å². The third-order valence-corrected chi connectivity index (χ3v) is 1.24. The summed E-state index contributed by atoms with van der Waals surface area (Å²) in [4.78, 5) is 10.8. The zero-order valence-electron chi connectivity index (χ0n) is 7.21. The Balaban J connectivity index is 3.31. The highest BCUT2D eigenvalue weighted by molar-refractivity contribution is 5.73. The molecule has 0 aliphatic carbocycles. The van der Waals surface area contributed by atoms with Gasteiger partial charge < -0.3 is 20.8 Å². The molecule has 5 heteroatoms. The van der Waals surface area contributed by atoms with Crippen LogP contribution in [0.25, 0.3) is 0 Å². The summed E-state index contributed by atoms with van der Waals surface area (Å²) < 4.78 is 0. The molecule has 0 aromatic carbocycles. The van der Waals surface area contributed by atoms with E-state index in [1.54, 1.807) is 0 Å². The lowest BCUT2D eigenvalue weighted by molar-refractivity contribution is 0.0959. The number of hydrogen-bond donors (Lipinski definition) is 4. The van der Waals surface area contributed by atoms with E-state index in [1.165, 1.54) is 0 Å². The second kappa shape index (κ2) is 6.87. The van der Waals surface area contributed by atoms with Gasteiger partial charge in [0.15, 0.2) is 0 Å². The van der Waals surface area contributed by atoms with Crippen molar-refractivity contribution in [2.24, 2.45) is 0 Å². The molecule has 0 spiro atoms. The number of nitrogens with one attached hydrogen (secondary N) is 2. The average Bonchev–Trinajstić information content (AvgIpc) is 2.10. The summed E-state index contributed by atoms with van der Waals surface area (Å²) in [6.07, 6.45) is -0.00642. The molecule has 0 saturated carbocycles. The van der Waals surface area contributed by atoms with E-state index in [4.69, 9.17) is 10.2 Å². The predicted molar refractivity (Wildman–Crippen MR) is 44.8 cm³/mol. The molecule has 1 atom stereocenters. The number of carbonyl (C=O) groups is 1. The maximum Gasteiger partial charge on any atom is 0.314 e. The number of hydrogen-bond acceptors (Lipinski definition) is 3. The standard InChI is InChI=1S/C7H16N2O3/c1-2-3-8-7(12)9-4-6(11)5-10/h6,10-11H,2-5H2,1H3,(H2,8,9,12). The second-order valence-electron chi connectivity index (χ2n) is 2.47. The zero-order chi connectivity index (χ0) is 9.40. The molecule has 2 amide bonds. The van der Waals surface area contributed by atoms with E-state index < -0.39 is 6.10 Å². The molecule has 0 radical (unpaired) electrons. The largest absolute Gasteiger partial charge is 0.394 e. The van der Waals surface area contributed by atoms with Crippen LogP contribution >= 0.6 is 0 Å². The molecule has 0 saturated heterocycles. The smallest absolute Gasteiger partial charge is 0.314 e. The lowest BCUT2D eigenvalue weighted by Gasteiger charge is -2.09. The molecule has 0 aliphatic heterocycles. The van der Waals surface area contributed by atoms with E-state index in [0.29, 0.717) is 6.54 Å². The normalized spacial score (nSPS) is 12.2. The van der Waals surface area contributed by atoms with Crippen LogP contribution in [0.15, 0.2) is 0 Å². The SMILES string of the molecule is CCCNC(=O)NCC(O)CO. The van der Waals surface area contributed by atoms with Crippen LogP contribution in [0.2, 0.25) is 0 Å². The summed E-state index contributed by atoms with van der Waals surface area (Å²) in [5, 5.41) is 22.2. The van der Waals surface area contributed by atoms with Crippen molar-refractivity contribution >= 4 is 6.03 Å². The lowest BCUT2D eigenvalue weighted by atomic mass is 10.4. The number of rotatable bonds is 5. The van der Waals surface area contributed by atoms with Gasteiger partial charge in [-0.15, -0.1) is 0 Å². The van der Waals surface area contributed by atoms with E-state index in [1.807, 2.05) is 6.92 Å². The minimum Gasteiger partial charge on any atom is -0.394 e. The van der Waals surface area contributed by atoms with Gasteiger partial charge in [-0.2, -0.15) is 0 Å². The van der Waals surface area contributed by atoms with Crippen LogP contribution in [0, 0.1) is 0 Å². The first kappa shape index (κ1) is 11.2. The summed E-state index contributed by atoms with van der Waals surface area (Å²) in [5.74, 6) is 0. The summed E-state index contributed by atoms with van der Waals surface area (Å²) in [5.41, 5.74) is 0. The number of amides is 2. The van der Waals surface area contributed by atoms with Gasteiger partial charge in [0.05, 0.1) is 12.7 Å². The lowest BCUT2D eigenvalue weighted by Crippen LogP contribution is -2.40. The Hall–Kier alpha value is -0.810. The first-order valence-electron chi connectivity index (χ1n) is 4.01. The molecule has 0 rings (SSSR count). The van der Waals surface area contributed by atoms with Gasteiger partial charge in [-0.3, -0.25) is 0 Å². The van der Waals surface area contributed by atoms with Gasteiger partial charge in [0, 0.05) is 13.1 Å². The molecule has 72 valence electrons. The zero-order valence-corrected chi connectivity index (χ0v) is 7.21. The van der Waals surface area contributed by atoms with Gasteiger partial charge >= 0.3 is 6.03 Å². The third-order valence-electron chi connectivity index (χ3n) is 1.24. The van der Waals surface area contributed by atoms with E-state index in [2.05, 4.69) is 10.6 Å². The number of carbonyl (C=O) groups excluding carboxylic acids is 1. The predicted octanol–water partition coefficient (Wildman–Crippen LogP) is -0.951. The van der Waals surface area contributed by atoms with Crippen molar-refractivity contribution in [3.8, 4) is 0 Å². The fourth-order valence-corrected chi connectivity index (χ4v) is 0.576. The van der Waals surface area contributed by atoms with Crippen molar-refractivity contribution in [3.63, 3.8) is 0 Å². The van der Waals surface area contributed by atoms with E-state index in [0.717, 1.165) is 6.42 Å². The summed E-state index contributed by atoms with van der Waals surface area (Å²) in [6, 6.07) is -0.315. The molecule has 0 heterocycles. The van der Waals surface area contributed by atoms with Crippen LogP contribution in [-0.4, -0.2) is 42.0 Å². The van der Waals surface area contributed by atoms with Crippen molar-refractivity contribution < 1.29 is 15.0 Å². The molecule has 0 aliphatic rings. The monoisotopic (exact) mass is 176 g/mol. The Kier molecular flexibility index (Phi) is 6.41. The molecule has 4 N–H and O–H groups in total. The van der Waals surface area contributed by atoms with Crippen molar-refractivity contribution in [2.45, 2.75) is 19.4 Å². The van der Waals surface area contributed by atoms with E-state index >= 15 is 0 Å². The quantitative estimate of drug-likeness (QED) is 0.436. The Labute approximate surface area is 71.8 Å². The van der Waals surface area contributed by atoms with Gasteiger partial charge in [0.1, 0.15) is 0 Å². The minimum atomic E-state index is -0.877. The molecule has 0 fully saturated rings. The minimum absolute atomic E-state index is 0.0754. The van der Waals surface area contributed by atoms with Gasteiger partial charge in [-0.1, -0.05) is 6.92 Å². The fraction of sp³-hybridized carbons (Fsp3) is 0.857. The average molecular weight is 176 g/mol. The maximum atomic E-state index is 10.8. The maximum absolute atomic E-state index is 10.8. The summed E-state index contributed by atoms with van der Waals surface area (Å²) in [6.45, 7) is 2.30. The molecule has 0 bridgehead atoms. The van der Waals surface area contributed by atoms with Gasteiger partial charge in [-0.25, -0.2) is 4.79 Å². The van der Waals surface area contributed by atoms with E-state index in [-0.39, 0.29) is 19.2 Å². The van der Waals surface area contributed by atoms with Crippen molar-refractivity contribution in [3.05, 3.63) is 0 Å². The highest BCUT2D eigenvalue weighted by Crippen LogP contribution is 1.77. The number of aliphatic hydroxyl groups is 2. The van der Waals surface area contributed by atoms with E-state index in [9.17, 15) is 4.79 Å². The van der Waals surface area contributed by atoms with Crippen molar-refractivity contribution in [2.75, 3.05) is 19.7 Å². The van der Waals surface area contributed by atoms with Crippen LogP contribution in [0.1, 0.15) is 13.3 Å². The molecule has 1 unspecified atom stereocenters. The van der Waals surface area contributed by atoms with Gasteiger partial charge in [0.25, 0.3) is 0 Å². The van der Waals surface area contributed by atoms with Gasteiger partial charge in [-0.05, 0) is 6.42 Å². The number of aliphatic hydroxyl groups excluding tert-OH is 2.